The Bertz CT molecular complexity index is 389. The van der Waals surface area contributed by atoms with E-state index in [1.54, 1.807) is 0 Å². The van der Waals surface area contributed by atoms with Gasteiger partial charge in [-0.2, -0.15) is 5.10 Å². The molecule has 1 aliphatic rings. The Morgan fingerprint density at radius 2 is 2.47 bits per heavy atom. The molecule has 0 unspecified atom stereocenters. The van der Waals surface area contributed by atoms with Gasteiger partial charge in [-0.1, -0.05) is 0 Å². The van der Waals surface area contributed by atoms with Gasteiger partial charge >= 0.3 is 5.97 Å². The molecule has 0 saturated carbocycles. The van der Waals surface area contributed by atoms with Crippen LogP contribution in [0.2, 0.25) is 0 Å². The normalized spacial score (nSPS) is 20.9. The molecule has 0 bridgehead atoms. The fraction of sp³-hybridized carbons (Fsp3) is 0.667. The molecule has 2 heterocycles. The maximum Gasteiger partial charge on any atom is 0.304 e. The minimum absolute atomic E-state index is 0.213. The molecule has 2 rings (SSSR count). The van der Waals surface area contributed by atoms with Crippen molar-refractivity contribution in [3.05, 3.63) is 18.0 Å². The second kappa shape index (κ2) is 5.31. The second-order valence-electron chi connectivity index (χ2n) is 4.43. The van der Waals surface area contributed by atoms with Gasteiger partial charge in [0.25, 0.3) is 0 Å². The molecular formula is C12H19N3O2. The number of aryl methyl sites for hydroxylation is 1. The van der Waals surface area contributed by atoms with E-state index in [1.807, 2.05) is 16.9 Å². The number of aromatic nitrogens is 2. The summed E-state index contributed by atoms with van der Waals surface area (Å²) in [5.41, 5.74) is 1.08. The van der Waals surface area contributed by atoms with Crippen molar-refractivity contribution in [2.24, 2.45) is 0 Å². The summed E-state index contributed by atoms with van der Waals surface area (Å²) in [5, 5.41) is 13.2. The average molecular weight is 237 g/mol. The van der Waals surface area contributed by atoms with Crippen LogP contribution in [0.25, 0.3) is 0 Å². The number of rotatable bonds is 5. The van der Waals surface area contributed by atoms with E-state index in [0.29, 0.717) is 12.6 Å². The van der Waals surface area contributed by atoms with Crippen LogP contribution in [0.3, 0.4) is 0 Å². The summed E-state index contributed by atoms with van der Waals surface area (Å²) in [6.45, 7) is 4.55. The zero-order chi connectivity index (χ0) is 12.3. The second-order valence-corrected chi connectivity index (χ2v) is 4.43. The Morgan fingerprint density at radius 3 is 3.12 bits per heavy atom. The third-order valence-electron chi connectivity index (χ3n) is 3.30. The minimum Gasteiger partial charge on any atom is -0.481 e. The Kier molecular flexibility index (Phi) is 3.78. The van der Waals surface area contributed by atoms with Gasteiger partial charge in [0.15, 0.2) is 0 Å². The molecule has 5 heteroatoms. The van der Waals surface area contributed by atoms with Gasteiger partial charge in [0.05, 0.1) is 18.2 Å². The van der Waals surface area contributed by atoms with Crippen molar-refractivity contribution < 1.29 is 9.90 Å². The van der Waals surface area contributed by atoms with Crippen molar-refractivity contribution >= 4 is 5.97 Å². The molecule has 0 aromatic carbocycles. The number of carbonyl (C=O) groups is 1. The lowest BCUT2D eigenvalue weighted by Gasteiger charge is -2.21. The lowest BCUT2D eigenvalue weighted by atomic mass is 10.1. The summed E-state index contributed by atoms with van der Waals surface area (Å²) in [7, 11) is 0. The predicted molar refractivity (Wildman–Crippen MR) is 63.7 cm³/mol. The highest BCUT2D eigenvalue weighted by molar-refractivity contribution is 5.66. The van der Waals surface area contributed by atoms with E-state index in [4.69, 9.17) is 5.11 Å². The summed E-state index contributed by atoms with van der Waals surface area (Å²) in [6.07, 6.45) is 4.41. The fourth-order valence-corrected chi connectivity index (χ4v) is 2.40. The molecule has 0 spiro atoms. The molecule has 1 N–H and O–H groups in total. The third kappa shape index (κ3) is 2.85. The molecule has 1 aromatic rings. The van der Waals surface area contributed by atoms with Crippen LogP contribution in [0, 0.1) is 0 Å². The number of carboxylic acids is 1. The van der Waals surface area contributed by atoms with E-state index in [1.165, 1.54) is 0 Å². The highest BCUT2D eigenvalue weighted by Crippen LogP contribution is 2.30. The van der Waals surface area contributed by atoms with Crippen molar-refractivity contribution in [1.82, 2.24) is 14.7 Å². The molecule has 1 aromatic heterocycles. The van der Waals surface area contributed by atoms with E-state index >= 15 is 0 Å². The Morgan fingerprint density at radius 1 is 1.65 bits per heavy atom. The average Bonchev–Trinajstić information content (AvgIpc) is 2.94. The van der Waals surface area contributed by atoms with Gasteiger partial charge in [0.1, 0.15) is 0 Å². The molecule has 0 amide bonds. The standard InChI is InChI=1S/C12H19N3O2/c1-2-15-9-5-10(13-15)11-4-3-7-14(11)8-6-12(16)17/h5,9,11H,2-4,6-8H2,1H3,(H,16,17)/t11-/m0/s1. The number of aliphatic carboxylic acids is 1. The van der Waals surface area contributed by atoms with Crippen LogP contribution in [0.1, 0.15) is 37.9 Å². The van der Waals surface area contributed by atoms with Crippen molar-refractivity contribution in [1.29, 1.82) is 0 Å². The van der Waals surface area contributed by atoms with Crippen LogP contribution in [0.5, 0.6) is 0 Å². The summed E-state index contributed by atoms with van der Waals surface area (Å²) in [5.74, 6) is -0.727. The third-order valence-corrected chi connectivity index (χ3v) is 3.30. The van der Waals surface area contributed by atoms with Crippen molar-refractivity contribution in [2.75, 3.05) is 13.1 Å². The first-order valence-corrected chi connectivity index (χ1v) is 6.20. The van der Waals surface area contributed by atoms with E-state index in [9.17, 15) is 4.79 Å². The molecule has 1 fully saturated rings. The highest BCUT2D eigenvalue weighted by Gasteiger charge is 2.27. The zero-order valence-corrected chi connectivity index (χ0v) is 10.2. The van der Waals surface area contributed by atoms with Crippen LogP contribution in [-0.4, -0.2) is 38.8 Å². The summed E-state index contributed by atoms with van der Waals surface area (Å²) in [4.78, 5) is 12.8. The van der Waals surface area contributed by atoms with Crippen LogP contribution >= 0.6 is 0 Å². The van der Waals surface area contributed by atoms with Crippen molar-refractivity contribution in [3.8, 4) is 0 Å². The Labute approximate surface area is 101 Å². The maximum absolute atomic E-state index is 10.6. The molecule has 94 valence electrons. The number of likely N-dealkylation sites (tertiary alicyclic amines) is 1. The molecule has 0 aliphatic carbocycles. The van der Waals surface area contributed by atoms with Crippen molar-refractivity contribution in [2.45, 2.75) is 38.8 Å². The molecule has 1 atom stereocenters. The largest absolute Gasteiger partial charge is 0.481 e. The number of carboxylic acid groups (broad SMARTS) is 1. The van der Waals surface area contributed by atoms with Gasteiger partial charge < -0.3 is 5.11 Å². The SMILES string of the molecule is CCn1ccc([C@@H]2CCCN2CCC(=O)O)n1. The van der Waals surface area contributed by atoms with Gasteiger partial charge in [0, 0.05) is 19.3 Å². The smallest absolute Gasteiger partial charge is 0.304 e. The van der Waals surface area contributed by atoms with Crippen LogP contribution < -0.4 is 0 Å². The van der Waals surface area contributed by atoms with Crippen LogP contribution in [0.4, 0.5) is 0 Å². The highest BCUT2D eigenvalue weighted by atomic mass is 16.4. The first-order valence-electron chi connectivity index (χ1n) is 6.20. The lowest BCUT2D eigenvalue weighted by Crippen LogP contribution is -2.26. The first kappa shape index (κ1) is 12.1. The first-order chi connectivity index (χ1) is 8.20. The summed E-state index contributed by atoms with van der Waals surface area (Å²) in [6, 6.07) is 2.36. The van der Waals surface area contributed by atoms with Crippen LogP contribution in [-0.2, 0) is 11.3 Å². The number of hydrogen-bond acceptors (Lipinski definition) is 3. The lowest BCUT2D eigenvalue weighted by molar-refractivity contribution is -0.137. The minimum atomic E-state index is -0.727. The summed E-state index contributed by atoms with van der Waals surface area (Å²) < 4.78 is 1.92. The fourth-order valence-electron chi connectivity index (χ4n) is 2.40. The maximum atomic E-state index is 10.6. The molecule has 17 heavy (non-hydrogen) atoms. The molecule has 0 radical (unpaired) electrons. The zero-order valence-electron chi connectivity index (χ0n) is 10.2. The quantitative estimate of drug-likeness (QED) is 0.843. The van der Waals surface area contributed by atoms with Gasteiger partial charge in [-0.05, 0) is 32.4 Å². The number of hydrogen-bond donors (Lipinski definition) is 1. The van der Waals surface area contributed by atoms with Gasteiger partial charge in [-0.25, -0.2) is 0 Å². The van der Waals surface area contributed by atoms with E-state index in [0.717, 1.165) is 31.6 Å². The van der Waals surface area contributed by atoms with E-state index < -0.39 is 5.97 Å². The molecule has 1 aliphatic heterocycles. The Hall–Kier alpha value is -1.36. The van der Waals surface area contributed by atoms with Gasteiger partial charge in [0.2, 0.25) is 0 Å². The van der Waals surface area contributed by atoms with Gasteiger partial charge in [-0.3, -0.25) is 14.4 Å². The molecule has 1 saturated heterocycles. The molecule has 5 nitrogen and oxygen atoms in total. The topological polar surface area (TPSA) is 58.4 Å². The monoisotopic (exact) mass is 237 g/mol. The van der Waals surface area contributed by atoms with Crippen LogP contribution in [0.15, 0.2) is 12.3 Å². The predicted octanol–water partition coefficient (Wildman–Crippen LogP) is 1.51. The van der Waals surface area contributed by atoms with Crippen molar-refractivity contribution in [3.63, 3.8) is 0 Å². The Balaban J connectivity index is 2.00. The van der Waals surface area contributed by atoms with E-state index in [-0.39, 0.29) is 6.42 Å². The van der Waals surface area contributed by atoms with E-state index in [2.05, 4.69) is 16.9 Å². The van der Waals surface area contributed by atoms with Gasteiger partial charge in [-0.15, -0.1) is 0 Å². The number of nitrogens with zero attached hydrogens (tertiary/aromatic N) is 3. The molecular weight excluding hydrogens is 218 g/mol. The summed E-state index contributed by atoms with van der Waals surface area (Å²) >= 11 is 0.